The van der Waals surface area contributed by atoms with Crippen molar-refractivity contribution in [2.45, 2.75) is 38.6 Å². The number of nitrogens with zero attached hydrogens (tertiary/aromatic N) is 1. The Balaban J connectivity index is 2.44. The molecule has 16 heavy (non-hydrogen) atoms. The van der Waals surface area contributed by atoms with Crippen LogP contribution in [0, 0.1) is 5.92 Å². The summed E-state index contributed by atoms with van der Waals surface area (Å²) < 4.78 is 0. The van der Waals surface area contributed by atoms with Gasteiger partial charge < -0.3 is 10.0 Å². The lowest BCUT2D eigenvalue weighted by Crippen LogP contribution is -2.48. The van der Waals surface area contributed by atoms with E-state index in [0.29, 0.717) is 12.3 Å². The Hall–Kier alpha value is -0.220. The predicted molar refractivity (Wildman–Crippen MR) is 68.6 cm³/mol. The zero-order chi connectivity index (χ0) is 12.2. The van der Waals surface area contributed by atoms with Gasteiger partial charge in [0.25, 0.3) is 0 Å². The van der Waals surface area contributed by atoms with Crippen molar-refractivity contribution in [3.8, 4) is 0 Å². The molecule has 3 nitrogen and oxygen atoms in total. The number of rotatable bonds is 4. The molecular formula is C12H23NO2S. The SMILES string of the molecule is CN(C(=O)CC1CCSCC1)C(C)(C)CO. The third-order valence-electron chi connectivity index (χ3n) is 3.47. The van der Waals surface area contributed by atoms with E-state index in [2.05, 4.69) is 0 Å². The molecular weight excluding hydrogens is 222 g/mol. The number of aliphatic hydroxyl groups excluding tert-OH is 1. The smallest absolute Gasteiger partial charge is 0.223 e. The Morgan fingerprint density at radius 3 is 2.50 bits per heavy atom. The summed E-state index contributed by atoms with van der Waals surface area (Å²) >= 11 is 1.98. The normalized spacial score (nSPS) is 18.5. The van der Waals surface area contributed by atoms with E-state index in [1.165, 1.54) is 11.5 Å². The molecule has 94 valence electrons. The lowest BCUT2D eigenvalue weighted by molar-refractivity contribution is -0.137. The fourth-order valence-corrected chi connectivity index (χ4v) is 2.98. The molecule has 0 atom stereocenters. The molecule has 0 aliphatic carbocycles. The number of hydrogen-bond acceptors (Lipinski definition) is 3. The summed E-state index contributed by atoms with van der Waals surface area (Å²) in [5.41, 5.74) is -0.444. The lowest BCUT2D eigenvalue weighted by atomic mass is 9.96. The summed E-state index contributed by atoms with van der Waals surface area (Å²) in [5.74, 6) is 3.08. The Morgan fingerprint density at radius 1 is 1.44 bits per heavy atom. The van der Waals surface area contributed by atoms with Crippen molar-refractivity contribution < 1.29 is 9.90 Å². The van der Waals surface area contributed by atoms with Crippen LogP contribution in [-0.2, 0) is 4.79 Å². The highest BCUT2D eigenvalue weighted by atomic mass is 32.2. The minimum absolute atomic E-state index is 0.00968. The summed E-state index contributed by atoms with van der Waals surface area (Å²) in [4.78, 5) is 13.7. The van der Waals surface area contributed by atoms with E-state index in [9.17, 15) is 9.90 Å². The number of carbonyl (C=O) groups excluding carboxylic acids is 1. The van der Waals surface area contributed by atoms with Gasteiger partial charge in [-0.05, 0) is 44.1 Å². The molecule has 1 aliphatic heterocycles. The molecule has 1 N–H and O–H groups in total. The van der Waals surface area contributed by atoms with Gasteiger partial charge in [0.2, 0.25) is 5.91 Å². The molecule has 0 aromatic heterocycles. The minimum Gasteiger partial charge on any atom is -0.394 e. The molecule has 1 aliphatic rings. The van der Waals surface area contributed by atoms with Crippen molar-refractivity contribution in [2.75, 3.05) is 25.2 Å². The van der Waals surface area contributed by atoms with Crippen LogP contribution in [0.3, 0.4) is 0 Å². The molecule has 0 unspecified atom stereocenters. The topological polar surface area (TPSA) is 40.5 Å². The molecule has 0 saturated carbocycles. The van der Waals surface area contributed by atoms with Crippen LogP contribution >= 0.6 is 11.8 Å². The van der Waals surface area contributed by atoms with E-state index in [1.807, 2.05) is 25.6 Å². The van der Waals surface area contributed by atoms with Crippen LogP contribution in [0.1, 0.15) is 33.1 Å². The van der Waals surface area contributed by atoms with Gasteiger partial charge in [0.15, 0.2) is 0 Å². The first-order valence-corrected chi connectivity index (χ1v) is 7.08. The Morgan fingerprint density at radius 2 is 2.00 bits per heavy atom. The third kappa shape index (κ3) is 3.67. The summed E-state index contributed by atoms with van der Waals surface area (Å²) in [6.07, 6.45) is 2.95. The van der Waals surface area contributed by atoms with Crippen LogP contribution in [0.2, 0.25) is 0 Å². The van der Waals surface area contributed by atoms with E-state index >= 15 is 0 Å². The average molecular weight is 245 g/mol. The monoisotopic (exact) mass is 245 g/mol. The molecule has 1 amide bonds. The van der Waals surface area contributed by atoms with Crippen molar-refractivity contribution in [2.24, 2.45) is 5.92 Å². The molecule has 0 radical (unpaired) electrons. The first-order chi connectivity index (χ1) is 7.47. The van der Waals surface area contributed by atoms with Gasteiger partial charge in [-0.2, -0.15) is 11.8 Å². The standard InChI is InChI=1S/C12H23NO2S/c1-12(2,9-14)13(3)11(15)8-10-4-6-16-7-5-10/h10,14H,4-9H2,1-3H3. The molecule has 0 bridgehead atoms. The number of likely N-dealkylation sites (N-methyl/N-ethyl adjacent to an activating group) is 1. The lowest BCUT2D eigenvalue weighted by Gasteiger charge is -2.35. The van der Waals surface area contributed by atoms with E-state index in [-0.39, 0.29) is 12.5 Å². The molecule has 0 aromatic rings. The number of hydrogen-bond donors (Lipinski definition) is 1. The predicted octanol–water partition coefficient (Wildman–Crippen LogP) is 1.75. The van der Waals surface area contributed by atoms with Gasteiger partial charge in [0.05, 0.1) is 12.1 Å². The number of thioether (sulfide) groups is 1. The molecule has 1 saturated heterocycles. The van der Waals surface area contributed by atoms with E-state index in [4.69, 9.17) is 0 Å². The first kappa shape index (κ1) is 13.8. The van der Waals surface area contributed by atoms with Gasteiger partial charge in [-0.1, -0.05) is 0 Å². The second kappa shape index (κ2) is 5.92. The van der Waals surface area contributed by atoms with Crippen LogP contribution in [0.25, 0.3) is 0 Å². The van der Waals surface area contributed by atoms with Gasteiger partial charge in [-0.3, -0.25) is 4.79 Å². The second-order valence-corrected chi connectivity index (χ2v) is 6.41. The fraction of sp³-hybridized carbons (Fsp3) is 0.917. The minimum atomic E-state index is -0.444. The Kier molecular flexibility index (Phi) is 5.12. The quantitative estimate of drug-likeness (QED) is 0.820. The van der Waals surface area contributed by atoms with Crippen LogP contribution in [-0.4, -0.2) is 46.6 Å². The zero-order valence-corrected chi connectivity index (χ0v) is 11.3. The molecule has 0 aromatic carbocycles. The summed E-state index contributed by atoms with van der Waals surface area (Å²) in [6, 6.07) is 0. The van der Waals surface area contributed by atoms with Crippen molar-refractivity contribution >= 4 is 17.7 Å². The number of amides is 1. The summed E-state index contributed by atoms with van der Waals surface area (Å²) in [7, 11) is 1.79. The van der Waals surface area contributed by atoms with Gasteiger partial charge in [0.1, 0.15) is 0 Å². The Bertz CT molecular complexity index is 237. The maximum absolute atomic E-state index is 12.0. The van der Waals surface area contributed by atoms with Crippen LogP contribution in [0.15, 0.2) is 0 Å². The van der Waals surface area contributed by atoms with Crippen LogP contribution < -0.4 is 0 Å². The largest absolute Gasteiger partial charge is 0.394 e. The van der Waals surface area contributed by atoms with Crippen molar-refractivity contribution in [1.29, 1.82) is 0 Å². The summed E-state index contributed by atoms with van der Waals surface area (Å²) in [5, 5.41) is 9.22. The molecule has 1 fully saturated rings. The van der Waals surface area contributed by atoms with Gasteiger partial charge in [0, 0.05) is 13.5 Å². The molecule has 1 heterocycles. The fourth-order valence-electron chi connectivity index (χ4n) is 1.78. The van der Waals surface area contributed by atoms with E-state index in [1.54, 1.807) is 11.9 Å². The number of carbonyl (C=O) groups is 1. The highest BCUT2D eigenvalue weighted by Crippen LogP contribution is 2.26. The van der Waals surface area contributed by atoms with Gasteiger partial charge >= 0.3 is 0 Å². The number of aliphatic hydroxyl groups is 1. The summed E-state index contributed by atoms with van der Waals surface area (Å²) in [6.45, 7) is 3.79. The first-order valence-electron chi connectivity index (χ1n) is 5.92. The van der Waals surface area contributed by atoms with Gasteiger partial charge in [-0.25, -0.2) is 0 Å². The Labute approximate surface area is 103 Å². The van der Waals surface area contributed by atoms with Crippen molar-refractivity contribution in [3.63, 3.8) is 0 Å². The van der Waals surface area contributed by atoms with Crippen LogP contribution in [0.5, 0.6) is 0 Å². The highest BCUT2D eigenvalue weighted by Gasteiger charge is 2.28. The maximum atomic E-state index is 12.0. The van der Waals surface area contributed by atoms with E-state index < -0.39 is 5.54 Å². The molecule has 1 rings (SSSR count). The van der Waals surface area contributed by atoms with Gasteiger partial charge in [-0.15, -0.1) is 0 Å². The third-order valence-corrected chi connectivity index (χ3v) is 4.52. The average Bonchev–Trinajstić information content (AvgIpc) is 2.29. The molecule has 4 heteroatoms. The highest BCUT2D eigenvalue weighted by molar-refractivity contribution is 7.99. The van der Waals surface area contributed by atoms with Crippen molar-refractivity contribution in [3.05, 3.63) is 0 Å². The van der Waals surface area contributed by atoms with Crippen LogP contribution in [0.4, 0.5) is 0 Å². The second-order valence-electron chi connectivity index (χ2n) is 5.18. The van der Waals surface area contributed by atoms with E-state index in [0.717, 1.165) is 12.8 Å². The zero-order valence-electron chi connectivity index (χ0n) is 10.5. The molecule has 0 spiro atoms. The van der Waals surface area contributed by atoms with Crippen molar-refractivity contribution in [1.82, 2.24) is 4.90 Å². The maximum Gasteiger partial charge on any atom is 0.223 e.